The number of aromatic nitrogens is 1. The van der Waals surface area contributed by atoms with Crippen LogP contribution in [0, 0.1) is 6.92 Å². The molecule has 17 heavy (non-hydrogen) atoms. The molecule has 0 unspecified atom stereocenters. The molecule has 2 heteroatoms. The van der Waals surface area contributed by atoms with Crippen LogP contribution >= 0.6 is 0 Å². The minimum absolute atomic E-state index is 0.869. The fourth-order valence-electron chi connectivity index (χ4n) is 2.76. The number of aryl methyl sites for hydroxylation is 2. The Hall–Kier alpha value is -1.70. The van der Waals surface area contributed by atoms with Crippen LogP contribution in [0.2, 0.25) is 0 Å². The summed E-state index contributed by atoms with van der Waals surface area (Å²) in [5.74, 6) is 0. The summed E-state index contributed by atoms with van der Waals surface area (Å²) in [4.78, 5) is 16.1. The van der Waals surface area contributed by atoms with E-state index in [1.54, 1.807) is 0 Å². The van der Waals surface area contributed by atoms with Gasteiger partial charge in [0.15, 0.2) is 6.29 Å². The molecular formula is C15H15NO. The number of hydrogen-bond acceptors (Lipinski definition) is 2. The molecule has 0 saturated heterocycles. The van der Waals surface area contributed by atoms with Gasteiger partial charge in [0, 0.05) is 16.6 Å². The standard InChI is InChI=1S/C15H15NO/c1-10-5-4-7-12-13(9-17)11-6-2-3-8-14(11)16-15(10)12/h4-5,7,9H,2-3,6,8H2,1H3. The van der Waals surface area contributed by atoms with E-state index in [0.29, 0.717) is 0 Å². The SMILES string of the molecule is Cc1cccc2c(C=O)c3c(nc12)CCCC3. The maximum atomic E-state index is 11.4. The molecule has 0 spiro atoms. The fraction of sp³-hybridized carbons (Fsp3) is 0.333. The number of aldehydes is 1. The van der Waals surface area contributed by atoms with E-state index in [-0.39, 0.29) is 0 Å². The molecule has 86 valence electrons. The molecule has 1 aromatic carbocycles. The van der Waals surface area contributed by atoms with Gasteiger partial charge in [0.05, 0.1) is 5.52 Å². The molecule has 3 rings (SSSR count). The maximum absolute atomic E-state index is 11.4. The maximum Gasteiger partial charge on any atom is 0.151 e. The van der Waals surface area contributed by atoms with Gasteiger partial charge in [0.25, 0.3) is 0 Å². The molecule has 1 heterocycles. The number of carbonyl (C=O) groups is 1. The molecule has 1 aliphatic carbocycles. The lowest BCUT2D eigenvalue weighted by molar-refractivity contribution is 0.112. The Morgan fingerprint density at radius 3 is 2.88 bits per heavy atom. The molecule has 0 N–H and O–H groups in total. The van der Waals surface area contributed by atoms with Crippen molar-refractivity contribution in [3.05, 3.63) is 40.6 Å². The molecular weight excluding hydrogens is 210 g/mol. The molecule has 0 fully saturated rings. The summed E-state index contributed by atoms with van der Waals surface area (Å²) < 4.78 is 0. The fourth-order valence-corrected chi connectivity index (χ4v) is 2.76. The topological polar surface area (TPSA) is 30.0 Å². The zero-order valence-corrected chi connectivity index (χ0v) is 9.99. The Balaban J connectivity index is 2.43. The molecule has 1 aromatic heterocycles. The largest absolute Gasteiger partial charge is 0.298 e. The average Bonchev–Trinajstić information content (AvgIpc) is 2.37. The van der Waals surface area contributed by atoms with Gasteiger partial charge in [-0.3, -0.25) is 9.78 Å². The van der Waals surface area contributed by atoms with Crippen LogP contribution in [0.3, 0.4) is 0 Å². The molecule has 0 saturated carbocycles. The highest BCUT2D eigenvalue weighted by Crippen LogP contribution is 2.29. The lowest BCUT2D eigenvalue weighted by Crippen LogP contribution is -2.09. The highest BCUT2D eigenvalue weighted by Gasteiger charge is 2.17. The average molecular weight is 225 g/mol. The zero-order valence-electron chi connectivity index (χ0n) is 9.99. The van der Waals surface area contributed by atoms with E-state index in [4.69, 9.17) is 4.98 Å². The molecule has 0 radical (unpaired) electrons. The molecule has 2 aromatic rings. The van der Waals surface area contributed by atoms with E-state index in [0.717, 1.165) is 46.9 Å². The van der Waals surface area contributed by atoms with Crippen molar-refractivity contribution in [3.8, 4) is 0 Å². The van der Waals surface area contributed by atoms with Gasteiger partial charge >= 0.3 is 0 Å². The first-order valence-corrected chi connectivity index (χ1v) is 6.17. The third-order valence-electron chi connectivity index (χ3n) is 3.66. The molecule has 2 nitrogen and oxygen atoms in total. The Bertz CT molecular complexity index is 601. The molecule has 0 aliphatic heterocycles. The first-order valence-electron chi connectivity index (χ1n) is 6.17. The van der Waals surface area contributed by atoms with Gasteiger partial charge in [-0.15, -0.1) is 0 Å². The van der Waals surface area contributed by atoms with Gasteiger partial charge < -0.3 is 0 Å². The summed E-state index contributed by atoms with van der Waals surface area (Å²) in [5, 5.41) is 1.01. The number of rotatable bonds is 1. The van der Waals surface area contributed by atoms with Crippen LogP contribution in [0.25, 0.3) is 10.9 Å². The first kappa shape index (κ1) is 10.5. The predicted octanol–water partition coefficient (Wildman–Crippen LogP) is 3.23. The summed E-state index contributed by atoms with van der Waals surface area (Å²) in [6.45, 7) is 2.05. The summed E-state index contributed by atoms with van der Waals surface area (Å²) >= 11 is 0. The van der Waals surface area contributed by atoms with Crippen molar-refractivity contribution in [2.24, 2.45) is 0 Å². The Morgan fingerprint density at radius 2 is 2.06 bits per heavy atom. The van der Waals surface area contributed by atoms with E-state index in [9.17, 15) is 4.79 Å². The number of para-hydroxylation sites is 1. The van der Waals surface area contributed by atoms with E-state index in [1.165, 1.54) is 18.4 Å². The number of carbonyl (C=O) groups excluding carboxylic acids is 1. The van der Waals surface area contributed by atoms with Crippen LogP contribution in [-0.4, -0.2) is 11.3 Å². The number of pyridine rings is 1. The minimum atomic E-state index is 0.869. The van der Waals surface area contributed by atoms with Crippen LogP contribution in [-0.2, 0) is 12.8 Å². The smallest absolute Gasteiger partial charge is 0.151 e. The number of fused-ring (bicyclic) bond motifs is 2. The quantitative estimate of drug-likeness (QED) is 0.697. The van der Waals surface area contributed by atoms with E-state index >= 15 is 0 Å². The van der Waals surface area contributed by atoms with Crippen molar-refractivity contribution >= 4 is 17.2 Å². The van der Waals surface area contributed by atoms with Crippen LogP contribution < -0.4 is 0 Å². The second-order valence-corrected chi connectivity index (χ2v) is 4.75. The predicted molar refractivity (Wildman–Crippen MR) is 68.5 cm³/mol. The van der Waals surface area contributed by atoms with E-state index in [2.05, 4.69) is 13.0 Å². The van der Waals surface area contributed by atoms with Gasteiger partial charge in [-0.2, -0.15) is 0 Å². The van der Waals surface area contributed by atoms with Crippen LogP contribution in [0.15, 0.2) is 18.2 Å². The minimum Gasteiger partial charge on any atom is -0.298 e. The normalized spacial score (nSPS) is 14.6. The second kappa shape index (κ2) is 3.95. The molecule has 0 bridgehead atoms. The lowest BCUT2D eigenvalue weighted by Gasteiger charge is -2.18. The van der Waals surface area contributed by atoms with Gasteiger partial charge in [-0.25, -0.2) is 0 Å². The van der Waals surface area contributed by atoms with Gasteiger partial charge in [0.2, 0.25) is 0 Å². The second-order valence-electron chi connectivity index (χ2n) is 4.75. The van der Waals surface area contributed by atoms with Crippen molar-refractivity contribution in [2.75, 3.05) is 0 Å². The monoisotopic (exact) mass is 225 g/mol. The van der Waals surface area contributed by atoms with Crippen molar-refractivity contribution in [1.29, 1.82) is 0 Å². The molecule has 0 atom stereocenters. The zero-order chi connectivity index (χ0) is 11.8. The Morgan fingerprint density at radius 1 is 1.24 bits per heavy atom. The number of hydrogen-bond donors (Lipinski definition) is 0. The Labute approximate surface area is 101 Å². The van der Waals surface area contributed by atoms with Gasteiger partial charge in [0.1, 0.15) is 0 Å². The molecule has 1 aliphatic rings. The third-order valence-corrected chi connectivity index (χ3v) is 3.66. The van der Waals surface area contributed by atoms with Crippen molar-refractivity contribution in [1.82, 2.24) is 4.98 Å². The summed E-state index contributed by atoms with van der Waals surface area (Å²) in [6, 6.07) is 6.06. The first-order chi connectivity index (χ1) is 8.31. The Kier molecular flexibility index (Phi) is 2.43. The summed E-state index contributed by atoms with van der Waals surface area (Å²) in [7, 11) is 0. The van der Waals surface area contributed by atoms with Crippen LogP contribution in [0.5, 0.6) is 0 Å². The summed E-state index contributed by atoms with van der Waals surface area (Å²) in [5.41, 5.74) is 5.34. The third kappa shape index (κ3) is 1.55. The lowest BCUT2D eigenvalue weighted by atomic mass is 9.90. The van der Waals surface area contributed by atoms with E-state index in [1.807, 2.05) is 12.1 Å². The van der Waals surface area contributed by atoms with Crippen LogP contribution in [0.4, 0.5) is 0 Å². The van der Waals surface area contributed by atoms with E-state index < -0.39 is 0 Å². The number of nitrogens with zero attached hydrogens (tertiary/aromatic N) is 1. The van der Waals surface area contributed by atoms with Gasteiger partial charge in [-0.1, -0.05) is 18.2 Å². The van der Waals surface area contributed by atoms with Gasteiger partial charge in [-0.05, 0) is 43.7 Å². The number of benzene rings is 1. The summed E-state index contributed by atoms with van der Waals surface area (Å²) in [6.07, 6.45) is 5.39. The highest BCUT2D eigenvalue weighted by atomic mass is 16.1. The molecule has 0 amide bonds. The van der Waals surface area contributed by atoms with Crippen LogP contribution in [0.1, 0.15) is 40.0 Å². The van der Waals surface area contributed by atoms with Crippen molar-refractivity contribution < 1.29 is 4.79 Å². The van der Waals surface area contributed by atoms with Crippen molar-refractivity contribution in [2.45, 2.75) is 32.6 Å². The highest BCUT2D eigenvalue weighted by molar-refractivity contribution is 5.99. The van der Waals surface area contributed by atoms with Crippen molar-refractivity contribution in [3.63, 3.8) is 0 Å².